The number of benzene rings is 1. The van der Waals surface area contributed by atoms with E-state index < -0.39 is 15.9 Å². The minimum Gasteiger partial charge on any atom is -0.496 e. The van der Waals surface area contributed by atoms with Gasteiger partial charge in [0.25, 0.3) is 0 Å². The van der Waals surface area contributed by atoms with Crippen LogP contribution in [-0.2, 0) is 9.84 Å². The fraction of sp³-hybridized carbons (Fsp3) is 0.455. The molecule has 0 bridgehead atoms. The standard InChI is InChI=1S/C11H17NO4S/c1-7-4-11(17(3,14)15)8(9(12)6-13)5-10(7)16-2/h4-5,9,13H,6,12H2,1-3H3. The second kappa shape index (κ2) is 5.03. The molecule has 17 heavy (non-hydrogen) atoms. The van der Waals surface area contributed by atoms with Gasteiger partial charge in [-0.1, -0.05) is 0 Å². The van der Waals surface area contributed by atoms with Gasteiger partial charge in [0, 0.05) is 6.26 Å². The van der Waals surface area contributed by atoms with E-state index >= 15 is 0 Å². The van der Waals surface area contributed by atoms with E-state index in [0.717, 1.165) is 6.26 Å². The van der Waals surface area contributed by atoms with Crippen LogP contribution in [0.3, 0.4) is 0 Å². The predicted octanol–water partition coefficient (Wildman–Crippen LogP) is 0.399. The summed E-state index contributed by atoms with van der Waals surface area (Å²) in [5.74, 6) is 0.552. The summed E-state index contributed by atoms with van der Waals surface area (Å²) in [5, 5.41) is 9.05. The summed E-state index contributed by atoms with van der Waals surface area (Å²) in [6.45, 7) is 1.43. The van der Waals surface area contributed by atoms with Crippen molar-refractivity contribution in [3.05, 3.63) is 23.3 Å². The van der Waals surface area contributed by atoms with Gasteiger partial charge in [0.2, 0.25) is 0 Å². The van der Waals surface area contributed by atoms with Crippen molar-refractivity contribution in [3.8, 4) is 5.75 Å². The van der Waals surface area contributed by atoms with Crippen LogP contribution in [0.15, 0.2) is 17.0 Å². The van der Waals surface area contributed by atoms with Crippen LogP contribution in [0.4, 0.5) is 0 Å². The number of aryl methyl sites for hydroxylation is 1. The zero-order valence-corrected chi connectivity index (χ0v) is 10.9. The van der Waals surface area contributed by atoms with Crippen LogP contribution in [0.5, 0.6) is 5.75 Å². The zero-order valence-electron chi connectivity index (χ0n) is 10.1. The fourth-order valence-electron chi connectivity index (χ4n) is 1.61. The molecule has 1 aromatic rings. The molecule has 0 saturated carbocycles. The molecule has 1 atom stereocenters. The molecule has 0 heterocycles. The minimum absolute atomic E-state index is 0.136. The van der Waals surface area contributed by atoms with Crippen LogP contribution >= 0.6 is 0 Å². The molecule has 0 aliphatic rings. The highest BCUT2D eigenvalue weighted by molar-refractivity contribution is 7.90. The Morgan fingerprint density at radius 3 is 2.47 bits per heavy atom. The molecule has 1 unspecified atom stereocenters. The highest BCUT2D eigenvalue weighted by atomic mass is 32.2. The third-order valence-corrected chi connectivity index (χ3v) is 3.68. The number of sulfone groups is 1. The average molecular weight is 259 g/mol. The number of aliphatic hydroxyl groups excluding tert-OH is 1. The smallest absolute Gasteiger partial charge is 0.175 e. The topological polar surface area (TPSA) is 89.6 Å². The summed E-state index contributed by atoms with van der Waals surface area (Å²) >= 11 is 0. The number of hydrogen-bond acceptors (Lipinski definition) is 5. The quantitative estimate of drug-likeness (QED) is 0.817. The lowest BCUT2D eigenvalue weighted by atomic mass is 10.1. The lowest BCUT2D eigenvalue weighted by Gasteiger charge is -2.16. The van der Waals surface area contributed by atoms with Gasteiger partial charge in [0.1, 0.15) is 5.75 Å². The van der Waals surface area contributed by atoms with Gasteiger partial charge in [-0.05, 0) is 30.2 Å². The molecule has 0 aromatic heterocycles. The Balaban J connectivity index is 3.53. The highest BCUT2D eigenvalue weighted by Gasteiger charge is 2.20. The molecular weight excluding hydrogens is 242 g/mol. The van der Waals surface area contributed by atoms with Gasteiger partial charge in [-0.25, -0.2) is 8.42 Å². The summed E-state index contributed by atoms with van der Waals surface area (Å²) in [7, 11) is -1.89. The molecule has 1 rings (SSSR count). The summed E-state index contributed by atoms with van der Waals surface area (Å²) in [4.78, 5) is 0.136. The maximum absolute atomic E-state index is 11.6. The molecule has 96 valence electrons. The van der Waals surface area contributed by atoms with E-state index in [1.165, 1.54) is 13.2 Å². The van der Waals surface area contributed by atoms with Crippen LogP contribution < -0.4 is 10.5 Å². The monoisotopic (exact) mass is 259 g/mol. The van der Waals surface area contributed by atoms with Gasteiger partial charge in [0.15, 0.2) is 9.84 Å². The lowest BCUT2D eigenvalue weighted by Crippen LogP contribution is -2.18. The first-order chi connectivity index (χ1) is 7.81. The molecule has 0 radical (unpaired) electrons. The summed E-state index contributed by atoms with van der Waals surface area (Å²) in [6, 6.07) is 2.33. The van der Waals surface area contributed by atoms with Crippen molar-refractivity contribution in [3.63, 3.8) is 0 Å². The molecule has 0 aliphatic heterocycles. The number of methoxy groups -OCH3 is 1. The Bertz CT molecular complexity index is 510. The van der Waals surface area contributed by atoms with Crippen LogP contribution in [-0.4, -0.2) is 33.5 Å². The number of rotatable bonds is 4. The largest absolute Gasteiger partial charge is 0.496 e. The molecule has 6 heteroatoms. The van der Waals surface area contributed by atoms with Gasteiger partial charge in [-0.3, -0.25) is 0 Å². The SMILES string of the molecule is COc1cc(C(N)CO)c(S(C)(=O)=O)cc1C. The molecular formula is C11H17NO4S. The highest BCUT2D eigenvalue weighted by Crippen LogP contribution is 2.29. The Morgan fingerprint density at radius 1 is 1.47 bits per heavy atom. The molecule has 5 nitrogen and oxygen atoms in total. The number of ether oxygens (including phenoxy) is 1. The Hall–Kier alpha value is -1.11. The van der Waals surface area contributed by atoms with Crippen LogP contribution in [0, 0.1) is 6.92 Å². The van der Waals surface area contributed by atoms with E-state index in [-0.39, 0.29) is 11.5 Å². The van der Waals surface area contributed by atoms with E-state index in [4.69, 9.17) is 15.6 Å². The number of aliphatic hydroxyl groups is 1. The molecule has 0 saturated heterocycles. The van der Waals surface area contributed by atoms with Gasteiger partial charge in [-0.2, -0.15) is 0 Å². The predicted molar refractivity (Wildman–Crippen MR) is 64.9 cm³/mol. The van der Waals surface area contributed by atoms with E-state index in [1.807, 2.05) is 0 Å². The van der Waals surface area contributed by atoms with E-state index in [9.17, 15) is 8.42 Å². The Morgan fingerprint density at radius 2 is 2.06 bits per heavy atom. The lowest BCUT2D eigenvalue weighted by molar-refractivity contribution is 0.266. The van der Waals surface area contributed by atoms with Crippen LogP contribution in [0.25, 0.3) is 0 Å². The van der Waals surface area contributed by atoms with Crippen molar-refractivity contribution >= 4 is 9.84 Å². The second-order valence-corrected chi connectivity index (χ2v) is 5.91. The number of hydrogen-bond donors (Lipinski definition) is 2. The van der Waals surface area contributed by atoms with E-state index in [0.29, 0.717) is 16.9 Å². The molecule has 0 amide bonds. The maximum atomic E-state index is 11.6. The first-order valence-corrected chi connectivity index (χ1v) is 6.95. The molecule has 0 spiro atoms. The van der Waals surface area contributed by atoms with Crippen molar-refractivity contribution in [1.82, 2.24) is 0 Å². The summed E-state index contributed by atoms with van der Waals surface area (Å²) in [5.41, 5.74) is 6.78. The van der Waals surface area contributed by atoms with Gasteiger partial charge in [0.05, 0.1) is 24.7 Å². The third kappa shape index (κ3) is 2.96. The van der Waals surface area contributed by atoms with Crippen molar-refractivity contribution in [2.75, 3.05) is 20.0 Å². The van der Waals surface area contributed by atoms with Crippen LogP contribution in [0.1, 0.15) is 17.2 Å². The molecule has 3 N–H and O–H groups in total. The number of nitrogens with two attached hydrogens (primary N) is 1. The van der Waals surface area contributed by atoms with Crippen LogP contribution in [0.2, 0.25) is 0 Å². The molecule has 1 aromatic carbocycles. The minimum atomic E-state index is -3.38. The van der Waals surface area contributed by atoms with Crippen molar-refractivity contribution in [2.24, 2.45) is 5.73 Å². The summed E-state index contributed by atoms with van der Waals surface area (Å²) < 4.78 is 28.4. The Kier molecular flexibility index (Phi) is 4.13. The normalized spacial score (nSPS) is 13.5. The third-order valence-electron chi connectivity index (χ3n) is 2.52. The average Bonchev–Trinajstić information content (AvgIpc) is 2.26. The second-order valence-electron chi connectivity index (χ2n) is 3.92. The molecule has 0 fully saturated rings. The van der Waals surface area contributed by atoms with Crippen molar-refractivity contribution < 1.29 is 18.3 Å². The molecule has 0 aliphatic carbocycles. The van der Waals surface area contributed by atoms with E-state index in [2.05, 4.69) is 0 Å². The fourth-order valence-corrected chi connectivity index (χ4v) is 2.64. The first kappa shape index (κ1) is 14.0. The first-order valence-electron chi connectivity index (χ1n) is 5.06. The van der Waals surface area contributed by atoms with Crippen molar-refractivity contribution in [2.45, 2.75) is 17.9 Å². The van der Waals surface area contributed by atoms with Gasteiger partial charge < -0.3 is 15.6 Å². The zero-order chi connectivity index (χ0) is 13.2. The maximum Gasteiger partial charge on any atom is 0.175 e. The van der Waals surface area contributed by atoms with E-state index in [1.54, 1.807) is 13.0 Å². The van der Waals surface area contributed by atoms with Gasteiger partial charge >= 0.3 is 0 Å². The Labute approximate surface area is 101 Å². The van der Waals surface area contributed by atoms with Gasteiger partial charge in [-0.15, -0.1) is 0 Å². The van der Waals surface area contributed by atoms with Crippen molar-refractivity contribution in [1.29, 1.82) is 0 Å². The summed E-state index contributed by atoms with van der Waals surface area (Å²) in [6.07, 6.45) is 1.11.